The standard InChI is InChI=1S/C32H27NO4/c1-18-7-11-21(12-8-18)27(22-13-9-19(2)10-14-22)28-25-15-16-26(28)30-29(25)31(35)33(32(30)36)23-5-4-6-24(17-23)37-20(3)34/h4-17,25-26,29-30H,1-3H3/t25-,26-,29-,30-/m0/s1. The molecule has 184 valence electrons. The summed E-state index contributed by atoms with van der Waals surface area (Å²) in [6, 6.07) is 23.5. The minimum atomic E-state index is -0.454. The van der Waals surface area contributed by atoms with E-state index in [1.165, 1.54) is 23.0 Å². The van der Waals surface area contributed by atoms with Crippen molar-refractivity contribution >= 4 is 29.0 Å². The summed E-state index contributed by atoms with van der Waals surface area (Å²) >= 11 is 0. The van der Waals surface area contributed by atoms with E-state index in [1.54, 1.807) is 24.3 Å². The molecule has 2 amide bonds. The van der Waals surface area contributed by atoms with Gasteiger partial charge in [0, 0.05) is 24.8 Å². The quantitative estimate of drug-likeness (QED) is 0.206. The third-order valence-electron chi connectivity index (χ3n) is 7.72. The van der Waals surface area contributed by atoms with Crippen LogP contribution >= 0.6 is 0 Å². The first-order valence-corrected chi connectivity index (χ1v) is 12.6. The average molecular weight is 490 g/mol. The van der Waals surface area contributed by atoms with Crippen LogP contribution in [0.25, 0.3) is 5.57 Å². The molecule has 5 heteroatoms. The van der Waals surface area contributed by atoms with Gasteiger partial charge in [-0.1, -0.05) is 77.9 Å². The number of carbonyl (C=O) groups excluding carboxylic acids is 3. The van der Waals surface area contributed by atoms with Crippen molar-refractivity contribution in [3.05, 3.63) is 113 Å². The molecule has 3 aromatic rings. The summed E-state index contributed by atoms with van der Waals surface area (Å²) in [7, 11) is 0. The highest BCUT2D eigenvalue weighted by molar-refractivity contribution is 6.23. The smallest absolute Gasteiger partial charge is 0.308 e. The zero-order chi connectivity index (χ0) is 25.8. The Kier molecular flexibility index (Phi) is 5.45. The second-order valence-corrected chi connectivity index (χ2v) is 10.2. The molecule has 0 unspecified atom stereocenters. The lowest BCUT2D eigenvalue weighted by Crippen LogP contribution is -2.33. The summed E-state index contributed by atoms with van der Waals surface area (Å²) in [4.78, 5) is 40.3. The molecule has 0 radical (unpaired) electrons. The summed E-state index contributed by atoms with van der Waals surface area (Å²) < 4.78 is 5.19. The van der Waals surface area contributed by atoms with Gasteiger partial charge in [0.05, 0.1) is 17.5 Å². The first-order chi connectivity index (χ1) is 17.8. The summed E-state index contributed by atoms with van der Waals surface area (Å²) in [5.41, 5.74) is 7.24. The maximum absolute atomic E-state index is 13.8. The van der Waals surface area contributed by atoms with Crippen molar-refractivity contribution in [1.82, 2.24) is 0 Å². The lowest BCUT2D eigenvalue weighted by atomic mass is 9.85. The van der Waals surface area contributed by atoms with Crippen molar-refractivity contribution in [1.29, 1.82) is 0 Å². The SMILES string of the molecule is CC(=O)Oc1cccc(N2C(=O)[C@@H]3[C@@H](C2=O)[C@H]2C=C[C@H]3C2=C(c2ccc(C)cc2)c2ccc(C)cc2)c1. The number of hydrogen-bond donors (Lipinski definition) is 0. The van der Waals surface area contributed by atoms with E-state index in [9.17, 15) is 14.4 Å². The summed E-state index contributed by atoms with van der Waals surface area (Å²) in [6.45, 7) is 5.45. The third kappa shape index (κ3) is 3.73. The minimum Gasteiger partial charge on any atom is -0.427 e. The Morgan fingerprint density at radius 1 is 0.757 bits per heavy atom. The van der Waals surface area contributed by atoms with E-state index < -0.39 is 17.8 Å². The Balaban J connectivity index is 1.44. The van der Waals surface area contributed by atoms with Gasteiger partial charge in [-0.05, 0) is 48.3 Å². The van der Waals surface area contributed by atoms with Gasteiger partial charge in [0.1, 0.15) is 5.75 Å². The van der Waals surface area contributed by atoms with Crippen LogP contribution < -0.4 is 9.64 Å². The van der Waals surface area contributed by atoms with E-state index in [0.717, 1.165) is 22.3 Å². The Morgan fingerprint density at radius 2 is 1.27 bits per heavy atom. The predicted octanol–water partition coefficient (Wildman–Crippen LogP) is 5.65. The highest BCUT2D eigenvalue weighted by Gasteiger charge is 2.62. The van der Waals surface area contributed by atoms with Crippen LogP contribution in [0.1, 0.15) is 29.2 Å². The topological polar surface area (TPSA) is 63.7 Å². The molecule has 2 bridgehead atoms. The number of carbonyl (C=O) groups is 3. The molecule has 37 heavy (non-hydrogen) atoms. The van der Waals surface area contributed by atoms with Crippen LogP contribution in [-0.2, 0) is 14.4 Å². The molecular weight excluding hydrogens is 462 g/mol. The Labute approximate surface area is 216 Å². The van der Waals surface area contributed by atoms with Crippen molar-refractivity contribution < 1.29 is 19.1 Å². The average Bonchev–Trinajstić information content (AvgIpc) is 3.50. The molecule has 0 spiro atoms. The molecule has 1 heterocycles. The van der Waals surface area contributed by atoms with E-state index >= 15 is 0 Å². The lowest BCUT2D eigenvalue weighted by Gasteiger charge is -2.22. The fourth-order valence-corrected chi connectivity index (χ4v) is 6.14. The Hall–Kier alpha value is -4.25. The molecule has 4 atom stereocenters. The number of esters is 1. The second-order valence-electron chi connectivity index (χ2n) is 10.2. The number of allylic oxidation sites excluding steroid dienone is 3. The number of fused-ring (bicyclic) bond motifs is 5. The van der Waals surface area contributed by atoms with Crippen LogP contribution in [-0.4, -0.2) is 17.8 Å². The number of ether oxygens (including phenoxy) is 1. The van der Waals surface area contributed by atoms with Crippen LogP contribution in [0.15, 0.2) is 90.5 Å². The van der Waals surface area contributed by atoms with Crippen molar-refractivity contribution in [2.75, 3.05) is 4.90 Å². The van der Waals surface area contributed by atoms with Gasteiger partial charge in [0.15, 0.2) is 0 Å². The molecule has 1 saturated heterocycles. The van der Waals surface area contributed by atoms with Gasteiger partial charge in [-0.2, -0.15) is 0 Å². The predicted molar refractivity (Wildman–Crippen MR) is 142 cm³/mol. The van der Waals surface area contributed by atoms with Crippen LogP contribution in [0, 0.1) is 37.5 Å². The number of hydrogen-bond acceptors (Lipinski definition) is 4. The van der Waals surface area contributed by atoms with Crippen LogP contribution in [0.4, 0.5) is 5.69 Å². The number of benzene rings is 3. The first kappa shape index (κ1) is 23.2. The van der Waals surface area contributed by atoms with Gasteiger partial charge < -0.3 is 4.74 Å². The van der Waals surface area contributed by atoms with Crippen LogP contribution in [0.3, 0.4) is 0 Å². The van der Waals surface area contributed by atoms with Gasteiger partial charge in [-0.15, -0.1) is 0 Å². The molecule has 1 saturated carbocycles. The monoisotopic (exact) mass is 489 g/mol. The number of amides is 2. The fraction of sp³-hybridized carbons (Fsp3) is 0.219. The summed E-state index contributed by atoms with van der Waals surface area (Å²) in [5, 5.41) is 0. The molecule has 2 aliphatic carbocycles. The van der Waals surface area contributed by atoms with E-state index in [2.05, 4.69) is 74.5 Å². The molecule has 6 rings (SSSR count). The van der Waals surface area contributed by atoms with Gasteiger partial charge in [-0.25, -0.2) is 4.90 Å². The zero-order valence-corrected chi connectivity index (χ0v) is 21.0. The number of aryl methyl sites for hydroxylation is 2. The summed E-state index contributed by atoms with van der Waals surface area (Å²) in [6.07, 6.45) is 4.21. The molecule has 3 aromatic carbocycles. The number of imide groups is 1. The second kappa shape index (κ2) is 8.70. The van der Waals surface area contributed by atoms with Crippen LogP contribution in [0.2, 0.25) is 0 Å². The molecular formula is C32H27NO4. The van der Waals surface area contributed by atoms with Gasteiger partial charge >= 0.3 is 5.97 Å². The highest BCUT2D eigenvalue weighted by Crippen LogP contribution is 2.59. The van der Waals surface area contributed by atoms with Crippen molar-refractivity contribution in [3.8, 4) is 5.75 Å². The van der Waals surface area contributed by atoms with Crippen LogP contribution in [0.5, 0.6) is 5.75 Å². The highest BCUT2D eigenvalue weighted by atomic mass is 16.5. The molecule has 1 aliphatic heterocycles. The van der Waals surface area contributed by atoms with Gasteiger partial charge in [0.25, 0.3) is 0 Å². The molecule has 0 aromatic heterocycles. The van der Waals surface area contributed by atoms with E-state index in [0.29, 0.717) is 11.4 Å². The third-order valence-corrected chi connectivity index (χ3v) is 7.72. The molecule has 2 fully saturated rings. The minimum absolute atomic E-state index is 0.147. The molecule has 3 aliphatic rings. The largest absolute Gasteiger partial charge is 0.427 e. The number of anilines is 1. The fourth-order valence-electron chi connectivity index (χ4n) is 6.14. The Bertz CT molecular complexity index is 1410. The van der Waals surface area contributed by atoms with Gasteiger partial charge in [0.2, 0.25) is 11.8 Å². The van der Waals surface area contributed by atoms with Crippen molar-refractivity contribution in [2.24, 2.45) is 23.7 Å². The van der Waals surface area contributed by atoms with E-state index in [-0.39, 0.29) is 23.7 Å². The van der Waals surface area contributed by atoms with Crippen molar-refractivity contribution in [3.63, 3.8) is 0 Å². The number of nitrogens with zero attached hydrogens (tertiary/aromatic N) is 1. The van der Waals surface area contributed by atoms with Crippen molar-refractivity contribution in [2.45, 2.75) is 20.8 Å². The van der Waals surface area contributed by atoms with E-state index in [1.807, 2.05) is 0 Å². The normalized spacial score (nSPS) is 23.5. The van der Waals surface area contributed by atoms with Gasteiger partial charge in [-0.3, -0.25) is 14.4 Å². The molecule has 0 N–H and O–H groups in total. The number of rotatable bonds is 4. The zero-order valence-electron chi connectivity index (χ0n) is 21.0. The maximum Gasteiger partial charge on any atom is 0.308 e. The van der Waals surface area contributed by atoms with E-state index in [4.69, 9.17) is 4.74 Å². The lowest BCUT2D eigenvalue weighted by molar-refractivity contribution is -0.132. The maximum atomic E-state index is 13.8. The molecule has 5 nitrogen and oxygen atoms in total. The summed E-state index contributed by atoms with van der Waals surface area (Å²) in [5.74, 6) is -1.72. The first-order valence-electron chi connectivity index (χ1n) is 12.6. The Morgan fingerprint density at radius 3 is 1.76 bits per heavy atom.